The number of benzene rings is 1. The highest BCUT2D eigenvalue weighted by molar-refractivity contribution is 6.31. The van der Waals surface area contributed by atoms with Gasteiger partial charge < -0.3 is 9.84 Å². The fourth-order valence-corrected chi connectivity index (χ4v) is 2.44. The predicted octanol–water partition coefficient (Wildman–Crippen LogP) is 2.81. The van der Waals surface area contributed by atoms with Crippen molar-refractivity contribution in [3.63, 3.8) is 0 Å². The van der Waals surface area contributed by atoms with Crippen molar-refractivity contribution < 1.29 is 14.2 Å². The second kappa shape index (κ2) is 5.34. The molecule has 1 fully saturated rings. The largest absolute Gasteiger partial charge is 0.390 e. The normalized spacial score (nSPS) is 26.1. The van der Waals surface area contributed by atoms with Gasteiger partial charge in [0.1, 0.15) is 5.82 Å². The van der Waals surface area contributed by atoms with E-state index >= 15 is 0 Å². The van der Waals surface area contributed by atoms with E-state index in [4.69, 9.17) is 16.3 Å². The lowest BCUT2D eigenvalue weighted by atomic mass is 9.95. The topological polar surface area (TPSA) is 29.5 Å². The van der Waals surface area contributed by atoms with Crippen molar-refractivity contribution in [2.24, 2.45) is 5.92 Å². The molecule has 0 bridgehead atoms. The summed E-state index contributed by atoms with van der Waals surface area (Å²) in [6, 6.07) is 4.19. The maximum Gasteiger partial charge on any atom is 0.123 e. The summed E-state index contributed by atoms with van der Waals surface area (Å²) in [7, 11) is 0. The first-order valence-electron chi connectivity index (χ1n) is 5.81. The third kappa shape index (κ3) is 2.97. The molecule has 1 aliphatic heterocycles. The molecule has 3 unspecified atom stereocenters. The van der Waals surface area contributed by atoms with Crippen LogP contribution in [0.3, 0.4) is 0 Å². The summed E-state index contributed by atoms with van der Waals surface area (Å²) >= 11 is 5.96. The first-order valence-corrected chi connectivity index (χ1v) is 6.19. The van der Waals surface area contributed by atoms with Crippen LogP contribution in [0.4, 0.5) is 4.39 Å². The number of halogens is 2. The van der Waals surface area contributed by atoms with Gasteiger partial charge in [-0.3, -0.25) is 0 Å². The summed E-state index contributed by atoms with van der Waals surface area (Å²) in [5, 5.41) is 10.6. The number of aliphatic hydroxyl groups excluding tert-OH is 1. The molecule has 1 aromatic rings. The maximum absolute atomic E-state index is 13.1. The zero-order valence-corrected chi connectivity index (χ0v) is 10.5. The summed E-state index contributed by atoms with van der Waals surface area (Å²) in [6.45, 7) is 2.73. The zero-order valence-electron chi connectivity index (χ0n) is 9.70. The van der Waals surface area contributed by atoms with Gasteiger partial charge in [0.05, 0.1) is 12.2 Å². The second-order valence-electron chi connectivity index (χ2n) is 4.61. The first kappa shape index (κ1) is 12.8. The molecular formula is C13H16ClFO2. The van der Waals surface area contributed by atoms with Crippen LogP contribution in [0.2, 0.25) is 5.02 Å². The molecular weight excluding hydrogens is 243 g/mol. The molecule has 4 heteroatoms. The minimum Gasteiger partial charge on any atom is -0.390 e. The van der Waals surface area contributed by atoms with E-state index in [-0.39, 0.29) is 11.9 Å². The van der Waals surface area contributed by atoms with Gasteiger partial charge in [-0.05, 0) is 36.1 Å². The Labute approximate surface area is 105 Å². The lowest BCUT2D eigenvalue weighted by Crippen LogP contribution is -2.31. The van der Waals surface area contributed by atoms with Crippen molar-refractivity contribution in [1.82, 2.24) is 0 Å². The van der Waals surface area contributed by atoms with Gasteiger partial charge in [0.25, 0.3) is 0 Å². The van der Waals surface area contributed by atoms with Crippen LogP contribution in [0, 0.1) is 11.7 Å². The molecule has 0 aliphatic carbocycles. The molecule has 0 saturated carbocycles. The van der Waals surface area contributed by atoms with E-state index in [1.54, 1.807) is 0 Å². The number of hydrogen-bond donors (Lipinski definition) is 1. The van der Waals surface area contributed by atoms with Gasteiger partial charge in [0.2, 0.25) is 0 Å². The van der Waals surface area contributed by atoms with Crippen LogP contribution < -0.4 is 0 Å². The first-order chi connectivity index (χ1) is 8.08. The van der Waals surface area contributed by atoms with Gasteiger partial charge in [-0.15, -0.1) is 0 Å². The van der Waals surface area contributed by atoms with E-state index in [9.17, 15) is 9.50 Å². The van der Waals surface area contributed by atoms with Crippen molar-refractivity contribution in [1.29, 1.82) is 0 Å². The summed E-state index contributed by atoms with van der Waals surface area (Å²) in [4.78, 5) is 0. The smallest absolute Gasteiger partial charge is 0.123 e. The van der Waals surface area contributed by atoms with Gasteiger partial charge in [0, 0.05) is 18.1 Å². The Morgan fingerprint density at radius 1 is 1.59 bits per heavy atom. The Morgan fingerprint density at radius 3 is 3.00 bits per heavy atom. The van der Waals surface area contributed by atoms with E-state index in [1.165, 1.54) is 18.2 Å². The van der Waals surface area contributed by atoms with Gasteiger partial charge in [-0.25, -0.2) is 4.39 Å². The quantitative estimate of drug-likeness (QED) is 0.903. The lowest BCUT2D eigenvalue weighted by Gasteiger charge is -2.21. The molecule has 2 rings (SSSR count). The molecule has 3 atom stereocenters. The zero-order chi connectivity index (χ0) is 12.4. The highest BCUT2D eigenvalue weighted by Crippen LogP contribution is 2.26. The maximum atomic E-state index is 13.1. The van der Waals surface area contributed by atoms with Crippen molar-refractivity contribution in [3.8, 4) is 0 Å². The van der Waals surface area contributed by atoms with E-state index in [0.29, 0.717) is 29.5 Å². The highest BCUT2D eigenvalue weighted by atomic mass is 35.5. The molecule has 1 N–H and O–H groups in total. The fourth-order valence-electron chi connectivity index (χ4n) is 2.25. The van der Waals surface area contributed by atoms with Crippen molar-refractivity contribution in [2.75, 3.05) is 6.61 Å². The molecule has 1 aliphatic rings. The minimum atomic E-state index is -0.633. The molecule has 1 aromatic carbocycles. The van der Waals surface area contributed by atoms with Crippen LogP contribution in [-0.4, -0.2) is 23.9 Å². The predicted molar refractivity (Wildman–Crippen MR) is 64.6 cm³/mol. The Kier molecular flexibility index (Phi) is 4.02. The highest BCUT2D eigenvalue weighted by Gasteiger charge is 2.31. The average molecular weight is 259 g/mol. The van der Waals surface area contributed by atoms with Crippen LogP contribution in [0.1, 0.15) is 18.9 Å². The van der Waals surface area contributed by atoms with Gasteiger partial charge >= 0.3 is 0 Å². The monoisotopic (exact) mass is 258 g/mol. The summed E-state index contributed by atoms with van der Waals surface area (Å²) < 4.78 is 18.6. The standard InChI is InChI=1S/C13H16ClFO2/c1-8-4-5-17-13(8)12(16)7-9-6-10(15)2-3-11(9)14/h2-3,6,8,12-13,16H,4-5,7H2,1H3. The van der Waals surface area contributed by atoms with Crippen molar-refractivity contribution in [2.45, 2.75) is 32.0 Å². The number of aliphatic hydroxyl groups is 1. The Bertz CT molecular complexity index is 397. The van der Waals surface area contributed by atoms with E-state index < -0.39 is 6.10 Å². The molecule has 2 nitrogen and oxygen atoms in total. The Morgan fingerprint density at radius 2 is 2.35 bits per heavy atom. The third-order valence-corrected chi connectivity index (χ3v) is 3.63. The van der Waals surface area contributed by atoms with Gasteiger partial charge in [0.15, 0.2) is 0 Å². The molecule has 0 aromatic heterocycles. The lowest BCUT2D eigenvalue weighted by molar-refractivity contribution is -0.0157. The third-order valence-electron chi connectivity index (χ3n) is 3.26. The Hall–Kier alpha value is -0.640. The van der Waals surface area contributed by atoms with Crippen LogP contribution in [0.25, 0.3) is 0 Å². The van der Waals surface area contributed by atoms with Crippen LogP contribution in [0.15, 0.2) is 18.2 Å². The van der Waals surface area contributed by atoms with E-state index in [0.717, 1.165) is 6.42 Å². The molecule has 0 amide bonds. The van der Waals surface area contributed by atoms with Gasteiger partial charge in [-0.1, -0.05) is 18.5 Å². The fraction of sp³-hybridized carbons (Fsp3) is 0.538. The average Bonchev–Trinajstić information content (AvgIpc) is 2.70. The van der Waals surface area contributed by atoms with E-state index in [2.05, 4.69) is 0 Å². The van der Waals surface area contributed by atoms with Crippen LogP contribution in [-0.2, 0) is 11.2 Å². The Balaban J connectivity index is 2.07. The number of ether oxygens (including phenoxy) is 1. The SMILES string of the molecule is CC1CCOC1C(O)Cc1cc(F)ccc1Cl. The molecule has 1 saturated heterocycles. The van der Waals surface area contributed by atoms with E-state index in [1.807, 2.05) is 6.92 Å². The van der Waals surface area contributed by atoms with Crippen LogP contribution >= 0.6 is 11.6 Å². The second-order valence-corrected chi connectivity index (χ2v) is 5.02. The van der Waals surface area contributed by atoms with Crippen LogP contribution in [0.5, 0.6) is 0 Å². The van der Waals surface area contributed by atoms with Gasteiger partial charge in [-0.2, -0.15) is 0 Å². The minimum absolute atomic E-state index is 0.172. The molecule has 17 heavy (non-hydrogen) atoms. The summed E-state index contributed by atoms with van der Waals surface area (Å²) in [5.74, 6) is -0.00526. The molecule has 0 radical (unpaired) electrons. The number of rotatable bonds is 3. The molecule has 0 spiro atoms. The molecule has 94 valence electrons. The summed E-state index contributed by atoms with van der Waals surface area (Å²) in [5.41, 5.74) is 0.627. The molecule has 1 heterocycles. The van der Waals surface area contributed by atoms with Crippen molar-refractivity contribution >= 4 is 11.6 Å². The van der Waals surface area contributed by atoms with Crippen molar-refractivity contribution in [3.05, 3.63) is 34.6 Å². The number of hydrogen-bond acceptors (Lipinski definition) is 2. The summed E-state index contributed by atoms with van der Waals surface area (Å²) in [6.07, 6.45) is 0.477.